The van der Waals surface area contributed by atoms with Gasteiger partial charge in [-0.3, -0.25) is 4.98 Å². The summed E-state index contributed by atoms with van der Waals surface area (Å²) in [5.41, 5.74) is 5.90. The molecule has 0 aliphatic carbocycles. The Morgan fingerprint density at radius 2 is 1.41 bits per heavy atom. The second kappa shape index (κ2) is 9.39. The van der Waals surface area contributed by atoms with Crippen LogP contribution in [0.15, 0.2) is 124 Å². The van der Waals surface area contributed by atoms with Crippen molar-refractivity contribution in [3.05, 3.63) is 109 Å². The molecule has 3 aromatic heterocycles. The third-order valence-corrected chi connectivity index (χ3v) is 6.27. The minimum Gasteiger partial charge on any atom is -0.255 e. The van der Waals surface area contributed by atoms with Gasteiger partial charge in [0.05, 0.1) is 11.4 Å². The average molecular weight is 450 g/mol. The van der Waals surface area contributed by atoms with Gasteiger partial charge in [-0.25, -0.2) is 9.97 Å². The number of rotatable bonds is 5. The quantitative estimate of drug-likeness (QED) is 0.285. The summed E-state index contributed by atoms with van der Waals surface area (Å²) in [5, 5.41) is 1.81. The lowest BCUT2D eigenvalue weighted by molar-refractivity contribution is 1.09. The Kier molecular flexibility index (Phi) is 6.01. The molecule has 5 heteroatoms. The molecular weight excluding hydrogens is 430 g/mol. The Bertz CT molecular complexity index is 1360. The summed E-state index contributed by atoms with van der Waals surface area (Å²) in [6.07, 6.45) is 3.68. The van der Waals surface area contributed by atoms with Crippen LogP contribution < -0.4 is 0 Å². The van der Waals surface area contributed by atoms with E-state index in [1.165, 1.54) is 0 Å². The minimum atomic E-state index is 0.871. The highest BCUT2D eigenvalue weighted by atomic mass is 32.2. The highest BCUT2D eigenvalue weighted by Crippen LogP contribution is 2.36. The molecule has 3 nitrogen and oxygen atoms in total. The monoisotopic (exact) mass is 449 g/mol. The Morgan fingerprint density at radius 3 is 2.22 bits per heavy atom. The summed E-state index contributed by atoms with van der Waals surface area (Å²) in [7, 11) is 0. The molecule has 0 aliphatic rings. The van der Waals surface area contributed by atoms with Gasteiger partial charge in [-0.15, -0.1) is 12.6 Å². The maximum atomic E-state index is 4.86. The van der Waals surface area contributed by atoms with Crippen LogP contribution in [0.5, 0.6) is 0 Å². The summed E-state index contributed by atoms with van der Waals surface area (Å²) in [6, 6.07) is 32.4. The highest BCUT2D eigenvalue weighted by molar-refractivity contribution is 7.99. The number of benzene rings is 2. The van der Waals surface area contributed by atoms with E-state index in [0.29, 0.717) is 0 Å². The maximum absolute atomic E-state index is 4.86. The van der Waals surface area contributed by atoms with E-state index in [1.807, 2.05) is 79.0 Å². The van der Waals surface area contributed by atoms with Gasteiger partial charge in [0.1, 0.15) is 10.1 Å². The smallest absolute Gasteiger partial charge is 0.103 e. The van der Waals surface area contributed by atoms with Crippen molar-refractivity contribution in [1.29, 1.82) is 0 Å². The van der Waals surface area contributed by atoms with Gasteiger partial charge in [-0.2, -0.15) is 0 Å². The van der Waals surface area contributed by atoms with E-state index in [9.17, 15) is 0 Å². The first-order valence-corrected chi connectivity index (χ1v) is 11.4. The van der Waals surface area contributed by atoms with Gasteiger partial charge >= 0.3 is 0 Å². The number of thiol groups is 1. The van der Waals surface area contributed by atoms with E-state index in [4.69, 9.17) is 22.6 Å². The normalized spacial score (nSPS) is 10.8. The van der Waals surface area contributed by atoms with Crippen molar-refractivity contribution < 1.29 is 0 Å². The van der Waals surface area contributed by atoms with Crippen LogP contribution in [-0.4, -0.2) is 15.0 Å². The topological polar surface area (TPSA) is 38.7 Å². The second-order valence-corrected chi connectivity index (χ2v) is 8.66. The number of aromatic nitrogens is 3. The van der Waals surface area contributed by atoms with Gasteiger partial charge in [0.25, 0.3) is 0 Å². The molecule has 32 heavy (non-hydrogen) atoms. The van der Waals surface area contributed by atoms with Gasteiger partial charge < -0.3 is 0 Å². The highest BCUT2D eigenvalue weighted by Gasteiger charge is 2.14. The SMILES string of the molecule is Sc1ccccc1-c1cc(-c2cccc(Sc3ccccn3)n2)cnc1-c1ccccc1. The molecule has 0 aliphatic heterocycles. The standard InChI is InChI=1S/C27H19N3S2/c31-24-13-5-4-11-21(24)22-17-20(18-29-27(22)19-9-2-1-3-10-19)23-12-8-15-26(30-23)32-25-14-6-7-16-28-25/h1-18,31H. The van der Waals surface area contributed by atoms with Crippen LogP contribution in [0.4, 0.5) is 0 Å². The van der Waals surface area contributed by atoms with E-state index >= 15 is 0 Å². The second-order valence-electron chi connectivity index (χ2n) is 7.13. The first-order chi connectivity index (χ1) is 15.8. The fourth-order valence-electron chi connectivity index (χ4n) is 3.48. The lowest BCUT2D eigenvalue weighted by Crippen LogP contribution is -1.94. The van der Waals surface area contributed by atoms with Gasteiger partial charge in [0.2, 0.25) is 0 Å². The van der Waals surface area contributed by atoms with E-state index in [2.05, 4.69) is 29.2 Å². The summed E-state index contributed by atoms with van der Waals surface area (Å²) in [6.45, 7) is 0. The predicted octanol–water partition coefficient (Wildman–Crippen LogP) is 7.31. The lowest BCUT2D eigenvalue weighted by atomic mass is 9.97. The van der Waals surface area contributed by atoms with Crippen LogP contribution in [0, 0.1) is 0 Å². The molecule has 154 valence electrons. The molecule has 0 N–H and O–H groups in total. The molecule has 3 heterocycles. The van der Waals surface area contributed by atoms with E-state index < -0.39 is 0 Å². The van der Waals surface area contributed by atoms with Gasteiger partial charge in [-0.1, -0.05) is 72.4 Å². The molecule has 0 atom stereocenters. The lowest BCUT2D eigenvalue weighted by Gasteiger charge is -2.13. The van der Waals surface area contributed by atoms with Crippen LogP contribution in [-0.2, 0) is 0 Å². The molecule has 0 radical (unpaired) electrons. The number of pyridine rings is 3. The van der Waals surface area contributed by atoms with Crippen molar-refractivity contribution in [2.45, 2.75) is 14.9 Å². The van der Waals surface area contributed by atoms with Crippen LogP contribution >= 0.6 is 24.4 Å². The molecule has 0 saturated carbocycles. The summed E-state index contributed by atoms with van der Waals surface area (Å²) in [5.74, 6) is 0. The molecule has 0 amide bonds. The summed E-state index contributed by atoms with van der Waals surface area (Å²) >= 11 is 6.25. The Morgan fingerprint density at radius 1 is 0.625 bits per heavy atom. The van der Waals surface area contributed by atoms with E-state index in [-0.39, 0.29) is 0 Å². The predicted molar refractivity (Wildman–Crippen MR) is 134 cm³/mol. The zero-order valence-electron chi connectivity index (χ0n) is 17.1. The summed E-state index contributed by atoms with van der Waals surface area (Å²) in [4.78, 5) is 15.0. The Balaban J connectivity index is 1.60. The van der Waals surface area contributed by atoms with Crippen LogP contribution in [0.3, 0.4) is 0 Å². The van der Waals surface area contributed by atoms with Crippen molar-refractivity contribution in [2.24, 2.45) is 0 Å². The zero-order valence-corrected chi connectivity index (χ0v) is 18.8. The van der Waals surface area contributed by atoms with Gasteiger partial charge in [-0.05, 0) is 42.0 Å². The molecule has 2 aromatic carbocycles. The number of nitrogens with zero attached hydrogens (tertiary/aromatic N) is 3. The van der Waals surface area contributed by atoms with Crippen molar-refractivity contribution in [2.75, 3.05) is 0 Å². The summed E-state index contributed by atoms with van der Waals surface area (Å²) < 4.78 is 0. The number of hydrogen-bond donors (Lipinski definition) is 1. The van der Waals surface area contributed by atoms with Gasteiger partial charge in [0, 0.05) is 34.0 Å². The fraction of sp³-hybridized carbons (Fsp3) is 0. The third kappa shape index (κ3) is 4.44. The van der Waals surface area contributed by atoms with Crippen molar-refractivity contribution in [3.8, 4) is 33.6 Å². The zero-order chi connectivity index (χ0) is 21.8. The molecule has 5 rings (SSSR count). The molecule has 0 fully saturated rings. The van der Waals surface area contributed by atoms with Crippen LogP contribution in [0.1, 0.15) is 0 Å². The molecule has 5 aromatic rings. The molecule has 0 spiro atoms. The average Bonchev–Trinajstić information content (AvgIpc) is 2.85. The Hall–Kier alpha value is -3.41. The fourth-order valence-corrected chi connectivity index (χ4v) is 4.53. The van der Waals surface area contributed by atoms with E-state index in [1.54, 1.807) is 18.0 Å². The first kappa shape index (κ1) is 20.5. The molecule has 0 saturated heterocycles. The van der Waals surface area contributed by atoms with Crippen LogP contribution in [0.25, 0.3) is 33.6 Å². The van der Waals surface area contributed by atoms with Gasteiger partial charge in [0.15, 0.2) is 0 Å². The Labute approximate surface area is 197 Å². The molecule has 0 bridgehead atoms. The first-order valence-electron chi connectivity index (χ1n) is 10.2. The minimum absolute atomic E-state index is 0.871. The largest absolute Gasteiger partial charge is 0.255 e. The number of hydrogen-bond acceptors (Lipinski definition) is 5. The maximum Gasteiger partial charge on any atom is 0.103 e. The van der Waals surface area contributed by atoms with Crippen molar-refractivity contribution >= 4 is 24.4 Å². The van der Waals surface area contributed by atoms with E-state index in [0.717, 1.165) is 48.6 Å². The molecular formula is C27H19N3S2. The molecule has 0 unspecified atom stereocenters. The van der Waals surface area contributed by atoms with Crippen LogP contribution in [0.2, 0.25) is 0 Å². The van der Waals surface area contributed by atoms with Crippen molar-refractivity contribution in [1.82, 2.24) is 15.0 Å². The van der Waals surface area contributed by atoms with Crippen molar-refractivity contribution in [3.63, 3.8) is 0 Å². The third-order valence-electron chi connectivity index (χ3n) is 5.00.